The number of rotatable bonds is 9. The molecule has 2 N–H and O–H groups in total. The molecule has 1 fully saturated rings. The van der Waals surface area contributed by atoms with Crippen LogP contribution in [0.25, 0.3) is 6.08 Å². The fourth-order valence-electron chi connectivity index (χ4n) is 2.95. The van der Waals surface area contributed by atoms with Crippen LogP contribution in [0, 0.1) is 0 Å². The summed E-state index contributed by atoms with van der Waals surface area (Å²) in [4.78, 5) is 26.8. The van der Waals surface area contributed by atoms with Crippen LogP contribution in [0.4, 0.5) is 0 Å². The summed E-state index contributed by atoms with van der Waals surface area (Å²) in [6.45, 7) is 0.239. The van der Waals surface area contributed by atoms with Crippen molar-refractivity contribution in [2.75, 3.05) is 13.2 Å². The monoisotopic (exact) mass is 430 g/mol. The predicted molar refractivity (Wildman–Crippen MR) is 117 cm³/mol. The zero-order valence-corrected chi connectivity index (χ0v) is 17.4. The van der Waals surface area contributed by atoms with Crippen molar-refractivity contribution in [1.82, 2.24) is 10.2 Å². The van der Waals surface area contributed by atoms with Gasteiger partial charge in [-0.3, -0.25) is 14.5 Å². The van der Waals surface area contributed by atoms with Gasteiger partial charge in [-0.25, -0.2) is 0 Å². The molecule has 2 heterocycles. The third kappa shape index (κ3) is 6.03. The number of aliphatic hydroxyl groups excluding tert-OH is 1. The number of hydrogen-bond acceptors (Lipinski definition) is 6. The highest BCUT2D eigenvalue weighted by Crippen LogP contribution is 2.32. The maximum Gasteiger partial charge on any atom is 0.266 e. The lowest BCUT2D eigenvalue weighted by atomic mass is 10.1. The van der Waals surface area contributed by atoms with E-state index < -0.39 is 0 Å². The van der Waals surface area contributed by atoms with Crippen LogP contribution in [0.2, 0.25) is 0 Å². The lowest BCUT2D eigenvalue weighted by Gasteiger charge is -2.17. The van der Waals surface area contributed by atoms with Crippen molar-refractivity contribution >= 4 is 46.2 Å². The molecule has 1 aliphatic rings. The van der Waals surface area contributed by atoms with Crippen molar-refractivity contribution in [3.05, 3.63) is 65.0 Å². The molecule has 152 valence electrons. The molecule has 2 aromatic rings. The van der Waals surface area contributed by atoms with E-state index in [1.54, 1.807) is 24.5 Å². The molecule has 1 atom stereocenters. The Hall–Kier alpha value is -2.42. The summed E-state index contributed by atoms with van der Waals surface area (Å²) in [5, 5.41) is 12.4. The molecule has 0 radical (unpaired) electrons. The summed E-state index contributed by atoms with van der Waals surface area (Å²) in [6.07, 6.45) is 4.51. The van der Waals surface area contributed by atoms with Gasteiger partial charge in [-0.2, -0.15) is 0 Å². The fraction of sp³-hybridized carbons (Fsp3) is 0.286. The largest absolute Gasteiger partial charge is 0.465 e. The Kier molecular flexibility index (Phi) is 7.62. The summed E-state index contributed by atoms with van der Waals surface area (Å²) in [7, 11) is 0. The van der Waals surface area contributed by atoms with Gasteiger partial charge in [0.15, 0.2) is 0 Å². The van der Waals surface area contributed by atoms with Crippen LogP contribution in [0.1, 0.15) is 24.2 Å². The summed E-state index contributed by atoms with van der Waals surface area (Å²) in [6, 6.07) is 12.9. The van der Waals surface area contributed by atoms with Crippen LogP contribution >= 0.6 is 24.0 Å². The second-order valence-corrected chi connectivity index (χ2v) is 8.26. The first-order valence-corrected chi connectivity index (χ1v) is 10.5. The van der Waals surface area contributed by atoms with E-state index in [0.29, 0.717) is 34.4 Å². The Balaban J connectivity index is 1.46. The Morgan fingerprint density at radius 1 is 1.28 bits per heavy atom. The minimum absolute atomic E-state index is 0.132. The Bertz CT molecular complexity index is 881. The molecule has 0 aliphatic carbocycles. The lowest BCUT2D eigenvalue weighted by molar-refractivity contribution is -0.124. The minimum Gasteiger partial charge on any atom is -0.465 e. The van der Waals surface area contributed by atoms with E-state index in [2.05, 4.69) is 5.32 Å². The highest BCUT2D eigenvalue weighted by molar-refractivity contribution is 8.26. The van der Waals surface area contributed by atoms with Crippen molar-refractivity contribution < 1.29 is 19.1 Å². The normalized spacial score (nSPS) is 16.4. The van der Waals surface area contributed by atoms with Gasteiger partial charge < -0.3 is 14.8 Å². The number of amides is 2. The molecule has 1 unspecified atom stereocenters. The van der Waals surface area contributed by atoms with Crippen molar-refractivity contribution in [3.8, 4) is 0 Å². The van der Waals surface area contributed by atoms with Gasteiger partial charge in [-0.1, -0.05) is 54.3 Å². The first-order valence-electron chi connectivity index (χ1n) is 9.30. The van der Waals surface area contributed by atoms with Crippen LogP contribution in [-0.2, 0) is 16.0 Å². The van der Waals surface area contributed by atoms with Crippen molar-refractivity contribution in [3.63, 3.8) is 0 Å². The maximum atomic E-state index is 12.5. The van der Waals surface area contributed by atoms with Crippen molar-refractivity contribution in [2.45, 2.75) is 25.3 Å². The standard InChI is InChI=1S/C21H22N2O4S2/c24-14-16(12-15-6-2-1-3-7-15)22-19(25)9-4-10-23-20(26)18(29-21(23)28)13-17-8-5-11-27-17/h1-3,5-8,11,13,16,24H,4,9-10,12,14H2,(H,22,25). The molecular weight excluding hydrogens is 408 g/mol. The van der Waals surface area contributed by atoms with Crippen molar-refractivity contribution in [1.29, 1.82) is 0 Å². The van der Waals surface area contributed by atoms with Gasteiger partial charge in [0.1, 0.15) is 10.1 Å². The SMILES string of the molecule is O=C(CCCN1C(=O)C(=Cc2ccco2)SC1=S)NC(CO)Cc1ccccc1. The quantitative estimate of drug-likeness (QED) is 0.470. The van der Waals surface area contributed by atoms with Crippen molar-refractivity contribution in [2.24, 2.45) is 0 Å². The van der Waals surface area contributed by atoms with Gasteiger partial charge in [-0.05, 0) is 30.5 Å². The molecule has 8 heteroatoms. The molecule has 6 nitrogen and oxygen atoms in total. The number of nitrogens with one attached hydrogen (secondary N) is 1. The van der Waals surface area contributed by atoms with Gasteiger partial charge >= 0.3 is 0 Å². The minimum atomic E-state index is -0.335. The molecule has 0 spiro atoms. The molecule has 1 aromatic heterocycles. The second kappa shape index (κ2) is 10.4. The summed E-state index contributed by atoms with van der Waals surface area (Å²) in [5.74, 6) is 0.268. The number of carbonyl (C=O) groups excluding carboxylic acids is 2. The summed E-state index contributed by atoms with van der Waals surface area (Å²) >= 11 is 6.52. The topological polar surface area (TPSA) is 82.8 Å². The highest BCUT2D eigenvalue weighted by Gasteiger charge is 2.31. The third-order valence-electron chi connectivity index (χ3n) is 4.39. The number of hydrogen-bond donors (Lipinski definition) is 2. The van der Waals surface area contributed by atoms with E-state index in [1.807, 2.05) is 30.3 Å². The van der Waals surface area contributed by atoms with E-state index in [0.717, 1.165) is 5.56 Å². The van der Waals surface area contributed by atoms with Gasteiger partial charge in [0, 0.05) is 19.0 Å². The molecule has 2 amide bonds. The van der Waals surface area contributed by atoms with E-state index in [4.69, 9.17) is 16.6 Å². The number of benzene rings is 1. The average molecular weight is 431 g/mol. The fourth-order valence-corrected chi connectivity index (χ4v) is 4.24. The van der Waals surface area contributed by atoms with E-state index in [9.17, 15) is 14.7 Å². The molecular formula is C21H22N2O4S2. The number of nitrogens with zero attached hydrogens (tertiary/aromatic N) is 1. The van der Waals surface area contributed by atoms with Crippen LogP contribution in [0.5, 0.6) is 0 Å². The lowest BCUT2D eigenvalue weighted by Crippen LogP contribution is -2.39. The van der Waals surface area contributed by atoms with E-state index in [1.165, 1.54) is 16.7 Å². The smallest absolute Gasteiger partial charge is 0.266 e. The number of furan rings is 1. The Morgan fingerprint density at radius 2 is 2.07 bits per heavy atom. The molecule has 3 rings (SSSR count). The van der Waals surface area contributed by atoms with Crippen LogP contribution in [0.3, 0.4) is 0 Å². The van der Waals surface area contributed by atoms with Crippen LogP contribution in [-0.4, -0.2) is 45.3 Å². The molecule has 0 bridgehead atoms. The van der Waals surface area contributed by atoms with E-state index >= 15 is 0 Å². The first kappa shape index (κ1) is 21.3. The number of aliphatic hydroxyl groups is 1. The summed E-state index contributed by atoms with van der Waals surface area (Å²) < 4.78 is 5.72. The van der Waals surface area contributed by atoms with Crippen LogP contribution < -0.4 is 5.32 Å². The van der Waals surface area contributed by atoms with Gasteiger partial charge in [0.2, 0.25) is 5.91 Å². The average Bonchev–Trinajstić information content (AvgIpc) is 3.32. The number of thioether (sulfide) groups is 1. The number of carbonyl (C=O) groups is 2. The first-order chi connectivity index (χ1) is 14.1. The Labute approximate surface area is 179 Å². The molecule has 1 aromatic carbocycles. The molecule has 1 aliphatic heterocycles. The van der Waals surface area contributed by atoms with Gasteiger partial charge in [0.25, 0.3) is 5.91 Å². The predicted octanol–water partition coefficient (Wildman–Crippen LogP) is 2.98. The van der Waals surface area contributed by atoms with Crippen LogP contribution in [0.15, 0.2) is 58.1 Å². The summed E-state index contributed by atoms with van der Waals surface area (Å²) in [5.41, 5.74) is 1.05. The number of thiocarbonyl (C=S) groups is 1. The molecule has 29 heavy (non-hydrogen) atoms. The molecule has 0 saturated carbocycles. The zero-order chi connectivity index (χ0) is 20.6. The van der Waals surface area contributed by atoms with Gasteiger partial charge in [-0.15, -0.1) is 0 Å². The van der Waals surface area contributed by atoms with E-state index in [-0.39, 0.29) is 30.9 Å². The van der Waals surface area contributed by atoms with Gasteiger partial charge in [0.05, 0.1) is 23.8 Å². The third-order valence-corrected chi connectivity index (χ3v) is 5.76. The Morgan fingerprint density at radius 3 is 2.76 bits per heavy atom. The zero-order valence-electron chi connectivity index (χ0n) is 15.7. The highest BCUT2D eigenvalue weighted by atomic mass is 32.2. The maximum absolute atomic E-state index is 12.5. The molecule has 1 saturated heterocycles. The second-order valence-electron chi connectivity index (χ2n) is 6.59.